The summed E-state index contributed by atoms with van der Waals surface area (Å²) in [7, 11) is 4.69. The molecule has 2 aliphatic rings. The highest BCUT2D eigenvalue weighted by Crippen LogP contribution is 2.16. The van der Waals surface area contributed by atoms with Crippen LogP contribution in [0.1, 0.15) is 19.3 Å². The Hall–Kier alpha value is 0.610. The molecule has 0 aromatic heterocycles. The fourth-order valence-corrected chi connectivity index (χ4v) is 2.95. The molecule has 0 N–H and O–H groups in total. The topological polar surface area (TPSA) is 6.48 Å². The standard InChI is InChI=1S/C13H28N3.HI/c1-14-6-8-15(9-7-14)10-13-16(2)11-4-3-5-12-16;/h3-13H2,1-2H3;1H/q+1;/p-1. The molecule has 2 saturated heterocycles. The predicted molar refractivity (Wildman–Crippen MR) is 68.6 cm³/mol. The van der Waals surface area contributed by atoms with Crippen molar-refractivity contribution in [3.63, 3.8) is 0 Å². The summed E-state index contributed by atoms with van der Waals surface area (Å²) in [5.74, 6) is 0. The molecule has 2 heterocycles. The first kappa shape index (κ1) is 15.7. The first-order valence-electron chi connectivity index (χ1n) is 6.92. The van der Waals surface area contributed by atoms with E-state index < -0.39 is 0 Å². The second-order valence-electron chi connectivity index (χ2n) is 6.00. The van der Waals surface area contributed by atoms with Crippen molar-refractivity contribution in [2.45, 2.75) is 19.3 Å². The maximum Gasteiger partial charge on any atom is 0.0913 e. The van der Waals surface area contributed by atoms with Crippen LogP contribution in [0.25, 0.3) is 0 Å². The van der Waals surface area contributed by atoms with Crippen LogP contribution in [0, 0.1) is 0 Å². The summed E-state index contributed by atoms with van der Waals surface area (Å²) in [6.07, 6.45) is 4.35. The monoisotopic (exact) mass is 353 g/mol. The first-order chi connectivity index (χ1) is 7.68. The largest absolute Gasteiger partial charge is 1.00 e. The Labute approximate surface area is 124 Å². The summed E-state index contributed by atoms with van der Waals surface area (Å²) in [4.78, 5) is 5.09. The number of halogens is 1. The lowest BCUT2D eigenvalue weighted by Crippen LogP contribution is -3.00. The number of piperazine rings is 1. The fraction of sp³-hybridized carbons (Fsp3) is 1.00. The minimum Gasteiger partial charge on any atom is -1.00 e. The molecule has 0 aliphatic carbocycles. The molecule has 0 unspecified atom stereocenters. The van der Waals surface area contributed by atoms with Crippen molar-refractivity contribution < 1.29 is 28.5 Å². The van der Waals surface area contributed by atoms with E-state index >= 15 is 0 Å². The number of nitrogens with zero attached hydrogens (tertiary/aromatic N) is 3. The van der Waals surface area contributed by atoms with Crippen LogP contribution < -0.4 is 24.0 Å². The molecule has 0 aromatic rings. The van der Waals surface area contributed by atoms with Gasteiger partial charge in [0.05, 0.1) is 26.7 Å². The quantitative estimate of drug-likeness (QED) is 0.423. The smallest absolute Gasteiger partial charge is 0.0913 e. The van der Waals surface area contributed by atoms with Crippen molar-refractivity contribution in [1.82, 2.24) is 9.80 Å². The normalized spacial score (nSPS) is 26.5. The molecule has 17 heavy (non-hydrogen) atoms. The third-order valence-electron chi connectivity index (χ3n) is 4.45. The van der Waals surface area contributed by atoms with Gasteiger partial charge in [-0.2, -0.15) is 0 Å². The number of hydrogen-bond donors (Lipinski definition) is 0. The van der Waals surface area contributed by atoms with Crippen LogP contribution in [0.3, 0.4) is 0 Å². The second-order valence-corrected chi connectivity index (χ2v) is 6.00. The van der Waals surface area contributed by atoms with E-state index in [0.29, 0.717) is 0 Å². The van der Waals surface area contributed by atoms with Crippen molar-refractivity contribution in [3.05, 3.63) is 0 Å². The number of likely N-dealkylation sites (N-methyl/N-ethyl adjacent to an activating group) is 2. The minimum atomic E-state index is 0. The van der Waals surface area contributed by atoms with Gasteiger partial charge in [0.2, 0.25) is 0 Å². The molecule has 102 valence electrons. The van der Waals surface area contributed by atoms with Gasteiger partial charge in [0.25, 0.3) is 0 Å². The Kier molecular flexibility index (Phi) is 6.69. The van der Waals surface area contributed by atoms with E-state index in [-0.39, 0.29) is 24.0 Å². The summed E-state index contributed by atoms with van der Waals surface area (Å²) in [5, 5.41) is 0. The van der Waals surface area contributed by atoms with Crippen LogP contribution in [-0.4, -0.2) is 80.7 Å². The molecular weight excluding hydrogens is 325 g/mol. The fourth-order valence-electron chi connectivity index (χ4n) is 2.95. The number of hydrogen-bond acceptors (Lipinski definition) is 2. The maximum atomic E-state index is 2.65. The average Bonchev–Trinajstić information content (AvgIpc) is 2.29. The minimum absolute atomic E-state index is 0. The van der Waals surface area contributed by atoms with Gasteiger partial charge < -0.3 is 33.4 Å². The molecular formula is C13H28IN3. The van der Waals surface area contributed by atoms with Gasteiger partial charge in [0.15, 0.2) is 0 Å². The Morgan fingerprint density at radius 3 is 2.12 bits per heavy atom. The van der Waals surface area contributed by atoms with E-state index in [4.69, 9.17) is 0 Å². The third-order valence-corrected chi connectivity index (χ3v) is 4.45. The molecule has 2 aliphatic heterocycles. The molecule has 0 aromatic carbocycles. The molecule has 4 heteroatoms. The van der Waals surface area contributed by atoms with Crippen molar-refractivity contribution in [1.29, 1.82) is 0 Å². The summed E-state index contributed by atoms with van der Waals surface area (Å²) in [6, 6.07) is 0. The van der Waals surface area contributed by atoms with Gasteiger partial charge >= 0.3 is 0 Å². The van der Waals surface area contributed by atoms with Crippen molar-refractivity contribution in [2.24, 2.45) is 0 Å². The van der Waals surface area contributed by atoms with Gasteiger partial charge in [0.1, 0.15) is 0 Å². The molecule has 0 amide bonds. The van der Waals surface area contributed by atoms with Crippen LogP contribution in [-0.2, 0) is 0 Å². The second kappa shape index (κ2) is 7.26. The zero-order valence-corrected chi connectivity index (χ0v) is 13.7. The highest BCUT2D eigenvalue weighted by Gasteiger charge is 2.25. The van der Waals surface area contributed by atoms with Gasteiger partial charge in [0, 0.05) is 32.7 Å². The van der Waals surface area contributed by atoms with E-state index in [1.54, 1.807) is 0 Å². The predicted octanol–water partition coefficient (Wildman–Crippen LogP) is -2.13. The molecule has 2 fully saturated rings. The SMILES string of the molecule is CN1CCN(CC[N+]2(C)CCCCC2)CC1.[I-]. The Morgan fingerprint density at radius 1 is 0.941 bits per heavy atom. The van der Waals surface area contributed by atoms with Gasteiger partial charge in [-0.25, -0.2) is 0 Å². The van der Waals surface area contributed by atoms with Crippen LogP contribution >= 0.6 is 0 Å². The van der Waals surface area contributed by atoms with Crippen molar-refractivity contribution >= 4 is 0 Å². The highest BCUT2D eigenvalue weighted by molar-refractivity contribution is 4.69. The lowest BCUT2D eigenvalue weighted by Gasteiger charge is -2.40. The van der Waals surface area contributed by atoms with Crippen molar-refractivity contribution in [2.75, 3.05) is 66.5 Å². The van der Waals surface area contributed by atoms with Gasteiger partial charge in [-0.05, 0) is 26.3 Å². The van der Waals surface area contributed by atoms with E-state index in [0.717, 1.165) is 0 Å². The van der Waals surface area contributed by atoms with Crippen LogP contribution in [0.5, 0.6) is 0 Å². The summed E-state index contributed by atoms with van der Waals surface area (Å²) in [6.45, 7) is 10.6. The lowest BCUT2D eigenvalue weighted by atomic mass is 10.1. The highest BCUT2D eigenvalue weighted by atomic mass is 127. The van der Waals surface area contributed by atoms with Crippen molar-refractivity contribution in [3.8, 4) is 0 Å². The molecule has 0 radical (unpaired) electrons. The Balaban J connectivity index is 0.00000144. The van der Waals surface area contributed by atoms with Gasteiger partial charge in [-0.15, -0.1) is 0 Å². The molecule has 2 rings (SSSR count). The van der Waals surface area contributed by atoms with E-state index in [1.807, 2.05) is 0 Å². The lowest BCUT2D eigenvalue weighted by molar-refractivity contribution is -0.913. The van der Waals surface area contributed by atoms with Gasteiger partial charge in [-0.3, -0.25) is 4.90 Å². The zero-order valence-electron chi connectivity index (χ0n) is 11.5. The number of piperidine rings is 1. The number of likely N-dealkylation sites (tertiary alicyclic amines) is 1. The van der Waals surface area contributed by atoms with Crippen LogP contribution in [0.4, 0.5) is 0 Å². The van der Waals surface area contributed by atoms with Crippen LogP contribution in [0.15, 0.2) is 0 Å². The molecule has 0 atom stereocenters. The molecule has 0 bridgehead atoms. The van der Waals surface area contributed by atoms with E-state index in [1.165, 1.54) is 76.1 Å². The Bertz CT molecular complexity index is 209. The first-order valence-corrected chi connectivity index (χ1v) is 6.92. The molecule has 0 saturated carbocycles. The molecule has 0 spiro atoms. The summed E-state index contributed by atoms with van der Waals surface area (Å²) in [5.41, 5.74) is 0. The van der Waals surface area contributed by atoms with E-state index in [2.05, 4.69) is 23.9 Å². The third kappa shape index (κ3) is 5.01. The maximum absolute atomic E-state index is 2.65. The average molecular weight is 353 g/mol. The Morgan fingerprint density at radius 2 is 1.53 bits per heavy atom. The number of quaternary nitrogens is 1. The van der Waals surface area contributed by atoms with Gasteiger partial charge in [-0.1, -0.05) is 0 Å². The zero-order chi connectivity index (χ0) is 11.4. The summed E-state index contributed by atoms with van der Waals surface area (Å²) >= 11 is 0. The number of rotatable bonds is 3. The van der Waals surface area contributed by atoms with Crippen LogP contribution in [0.2, 0.25) is 0 Å². The summed E-state index contributed by atoms with van der Waals surface area (Å²) < 4.78 is 1.33. The van der Waals surface area contributed by atoms with E-state index in [9.17, 15) is 0 Å². The molecule has 3 nitrogen and oxygen atoms in total.